The molecule has 8 rings (SSSR count). The van der Waals surface area contributed by atoms with Crippen LogP contribution in [0.25, 0.3) is 44.2 Å². The van der Waals surface area contributed by atoms with Gasteiger partial charge in [0, 0.05) is 25.7 Å². The van der Waals surface area contributed by atoms with Crippen molar-refractivity contribution >= 4 is 45.7 Å². The molecule has 6 aromatic rings. The van der Waals surface area contributed by atoms with Gasteiger partial charge < -0.3 is 40.5 Å². The molecule has 2 saturated heterocycles. The first-order chi connectivity index (χ1) is 28.6. The van der Waals surface area contributed by atoms with Crippen LogP contribution in [0.4, 0.5) is 9.59 Å². The van der Waals surface area contributed by atoms with Crippen LogP contribution in [0.3, 0.4) is 0 Å². The SMILES string of the molecule is CNC(=O)NC(C(=O)N1CCCC1c1ncc(-c2ccc3cc(-c4ccc5nc(C6CCCN6C(=O)C(NC(=O)OC)C(C)C)[nH]c5c4)ccc3c2)[nH]1)c1ccccc1. The number of carbonyl (C=O) groups excluding carboxylic acids is 4. The van der Waals surface area contributed by atoms with E-state index in [1.54, 1.807) is 0 Å². The third-order valence-corrected chi connectivity index (χ3v) is 11.6. The third-order valence-electron chi connectivity index (χ3n) is 11.6. The number of methoxy groups -OCH3 is 1. The van der Waals surface area contributed by atoms with Gasteiger partial charge in [0.2, 0.25) is 11.8 Å². The molecule has 59 heavy (non-hydrogen) atoms. The van der Waals surface area contributed by atoms with Gasteiger partial charge in [0.25, 0.3) is 0 Å². The lowest BCUT2D eigenvalue weighted by molar-refractivity contribution is -0.135. The van der Waals surface area contributed by atoms with Crippen molar-refractivity contribution in [3.05, 3.63) is 108 Å². The number of ether oxygens (including phenoxy) is 1. The van der Waals surface area contributed by atoms with E-state index in [0.717, 1.165) is 81.3 Å². The number of likely N-dealkylation sites (tertiary alicyclic amines) is 2. The molecule has 0 radical (unpaired) electrons. The molecule has 2 fully saturated rings. The molecule has 0 saturated carbocycles. The van der Waals surface area contributed by atoms with Crippen LogP contribution in [-0.4, -0.2) is 87.0 Å². The van der Waals surface area contributed by atoms with Gasteiger partial charge in [-0.05, 0) is 83.3 Å². The van der Waals surface area contributed by atoms with Crippen LogP contribution in [0.1, 0.15) is 74.9 Å². The van der Waals surface area contributed by atoms with E-state index < -0.39 is 24.2 Å². The Hall–Kier alpha value is -6.70. The molecule has 5 amide bonds. The molecule has 2 aliphatic rings. The zero-order valence-electron chi connectivity index (χ0n) is 33.6. The highest BCUT2D eigenvalue weighted by atomic mass is 16.5. The normalized spacial score (nSPS) is 17.6. The second-order valence-electron chi connectivity index (χ2n) is 15.6. The van der Waals surface area contributed by atoms with Gasteiger partial charge in [-0.15, -0.1) is 0 Å². The summed E-state index contributed by atoms with van der Waals surface area (Å²) in [4.78, 5) is 72.3. The maximum atomic E-state index is 14.0. The third kappa shape index (κ3) is 7.94. The lowest BCUT2D eigenvalue weighted by Crippen LogP contribution is -2.51. The number of fused-ring (bicyclic) bond motifs is 2. The van der Waals surface area contributed by atoms with Gasteiger partial charge in [-0.25, -0.2) is 19.6 Å². The number of urea groups is 1. The molecule has 0 bridgehead atoms. The number of imidazole rings is 2. The molecule has 2 aromatic heterocycles. The molecular formula is C45H49N9O5. The summed E-state index contributed by atoms with van der Waals surface area (Å²) >= 11 is 0. The fourth-order valence-electron chi connectivity index (χ4n) is 8.42. The highest BCUT2D eigenvalue weighted by molar-refractivity contribution is 5.92. The molecule has 14 heteroatoms. The lowest BCUT2D eigenvalue weighted by atomic mass is 9.99. The maximum Gasteiger partial charge on any atom is 0.407 e. The van der Waals surface area contributed by atoms with Crippen LogP contribution in [0, 0.1) is 5.92 Å². The summed E-state index contributed by atoms with van der Waals surface area (Å²) in [5.74, 6) is 1.03. The van der Waals surface area contributed by atoms with Crippen molar-refractivity contribution in [3.8, 4) is 22.4 Å². The van der Waals surface area contributed by atoms with Gasteiger partial charge in [0.05, 0.1) is 42.1 Å². The van der Waals surface area contributed by atoms with Gasteiger partial charge in [-0.1, -0.05) is 74.5 Å². The summed E-state index contributed by atoms with van der Waals surface area (Å²) in [6.07, 6.45) is 4.41. The summed E-state index contributed by atoms with van der Waals surface area (Å²) in [6.45, 7) is 4.97. The summed E-state index contributed by atoms with van der Waals surface area (Å²) in [5, 5.41) is 10.3. The first-order valence-electron chi connectivity index (χ1n) is 20.2. The fraction of sp³-hybridized carbons (Fsp3) is 0.333. The summed E-state index contributed by atoms with van der Waals surface area (Å²) < 4.78 is 4.78. The Morgan fingerprint density at radius 1 is 0.763 bits per heavy atom. The fourth-order valence-corrected chi connectivity index (χ4v) is 8.42. The Morgan fingerprint density at radius 3 is 2.10 bits per heavy atom. The van der Waals surface area contributed by atoms with Gasteiger partial charge in [-0.2, -0.15) is 0 Å². The average molecular weight is 796 g/mol. The minimum Gasteiger partial charge on any atom is -0.453 e. The molecule has 4 atom stereocenters. The molecule has 4 unspecified atom stereocenters. The smallest absolute Gasteiger partial charge is 0.407 e. The number of H-pyrrole nitrogens is 2. The topological polar surface area (TPSA) is 177 Å². The first kappa shape index (κ1) is 39.1. The van der Waals surface area contributed by atoms with E-state index in [4.69, 9.17) is 14.7 Å². The monoisotopic (exact) mass is 795 g/mol. The Kier molecular flexibility index (Phi) is 11.0. The number of nitrogens with one attached hydrogen (secondary N) is 5. The Balaban J connectivity index is 0.985. The molecule has 5 N–H and O–H groups in total. The number of hydrogen-bond acceptors (Lipinski definition) is 7. The maximum absolute atomic E-state index is 14.0. The van der Waals surface area contributed by atoms with Crippen LogP contribution >= 0.6 is 0 Å². The predicted molar refractivity (Wildman–Crippen MR) is 225 cm³/mol. The molecular weight excluding hydrogens is 747 g/mol. The van der Waals surface area contributed by atoms with E-state index in [-0.39, 0.29) is 29.8 Å². The first-order valence-corrected chi connectivity index (χ1v) is 20.2. The van der Waals surface area contributed by atoms with Gasteiger partial charge in [0.1, 0.15) is 23.7 Å². The second-order valence-corrected chi connectivity index (χ2v) is 15.6. The average Bonchev–Trinajstić information content (AvgIpc) is 4.10. The number of amides is 5. The number of rotatable bonds is 10. The zero-order valence-corrected chi connectivity index (χ0v) is 33.6. The zero-order chi connectivity index (χ0) is 41.2. The summed E-state index contributed by atoms with van der Waals surface area (Å²) in [5.41, 5.74) is 6.36. The van der Waals surface area contributed by atoms with Crippen molar-refractivity contribution in [2.45, 2.75) is 63.7 Å². The van der Waals surface area contributed by atoms with Crippen LogP contribution in [-0.2, 0) is 14.3 Å². The van der Waals surface area contributed by atoms with E-state index in [1.165, 1.54) is 14.2 Å². The highest BCUT2D eigenvalue weighted by Gasteiger charge is 2.38. The largest absolute Gasteiger partial charge is 0.453 e. The Labute approximate surface area is 342 Å². The van der Waals surface area contributed by atoms with Crippen molar-refractivity contribution in [1.82, 2.24) is 45.7 Å². The molecule has 0 spiro atoms. The number of aromatic amines is 2. The Morgan fingerprint density at radius 2 is 1.41 bits per heavy atom. The van der Waals surface area contributed by atoms with E-state index in [9.17, 15) is 19.2 Å². The quantitative estimate of drug-likeness (QED) is 0.0978. The number of alkyl carbamates (subject to hydrolysis) is 1. The van der Waals surface area contributed by atoms with Crippen LogP contribution in [0.2, 0.25) is 0 Å². The number of hydrogen-bond donors (Lipinski definition) is 5. The minimum atomic E-state index is -0.822. The number of aromatic nitrogens is 4. The molecule has 4 heterocycles. The van der Waals surface area contributed by atoms with E-state index in [2.05, 4.69) is 74.4 Å². The van der Waals surface area contributed by atoms with Crippen molar-refractivity contribution < 1.29 is 23.9 Å². The van der Waals surface area contributed by atoms with Crippen molar-refractivity contribution in [2.75, 3.05) is 27.2 Å². The van der Waals surface area contributed by atoms with E-state index in [1.807, 2.05) is 66.2 Å². The van der Waals surface area contributed by atoms with Gasteiger partial charge in [0.15, 0.2) is 0 Å². The minimum absolute atomic E-state index is 0.111. The molecule has 4 aromatic carbocycles. The molecule has 304 valence electrons. The number of nitrogens with zero attached hydrogens (tertiary/aromatic N) is 4. The summed E-state index contributed by atoms with van der Waals surface area (Å²) in [7, 11) is 2.82. The highest BCUT2D eigenvalue weighted by Crippen LogP contribution is 2.36. The summed E-state index contributed by atoms with van der Waals surface area (Å²) in [6, 6.07) is 25.8. The van der Waals surface area contributed by atoms with Crippen LogP contribution in [0.5, 0.6) is 0 Å². The van der Waals surface area contributed by atoms with E-state index in [0.29, 0.717) is 18.9 Å². The van der Waals surface area contributed by atoms with E-state index >= 15 is 0 Å². The number of carbonyl (C=O) groups is 4. The molecule has 14 nitrogen and oxygen atoms in total. The standard InChI is InChI=1S/C45H49N9O5/c1-26(2)38(52-45(58)59-4)42(55)54-21-9-13-37(54)41-48-33-19-18-31(24-34(33)49-41)29-14-15-30-23-32(17-16-28(30)22-29)35-25-47-40(50-35)36-12-8-20-53(36)43(56)39(51-44(57)46-3)27-10-6-5-7-11-27/h5-7,10-11,14-19,22-26,36-39H,8-9,12-13,20-21H2,1-4H3,(H,47,50)(H,48,49)(H,52,58)(H2,46,51,57). The van der Waals surface area contributed by atoms with Gasteiger partial charge in [-0.3, -0.25) is 9.59 Å². The van der Waals surface area contributed by atoms with Crippen LogP contribution < -0.4 is 16.0 Å². The van der Waals surface area contributed by atoms with Crippen molar-refractivity contribution in [1.29, 1.82) is 0 Å². The number of benzene rings is 4. The van der Waals surface area contributed by atoms with Crippen LogP contribution in [0.15, 0.2) is 91.1 Å². The lowest BCUT2D eigenvalue weighted by Gasteiger charge is -2.29. The van der Waals surface area contributed by atoms with Crippen molar-refractivity contribution in [3.63, 3.8) is 0 Å². The predicted octanol–water partition coefficient (Wildman–Crippen LogP) is 7.15. The van der Waals surface area contributed by atoms with Crippen molar-refractivity contribution in [2.24, 2.45) is 5.92 Å². The molecule has 2 aliphatic heterocycles. The molecule has 0 aliphatic carbocycles. The second kappa shape index (κ2) is 16.6. The van der Waals surface area contributed by atoms with Gasteiger partial charge >= 0.3 is 12.1 Å². The Bertz CT molecular complexity index is 2510.